The summed E-state index contributed by atoms with van der Waals surface area (Å²) in [7, 11) is 0. The maximum atomic E-state index is 3.78. The Balaban J connectivity index is 1.52. The smallest absolute Gasteiger partial charge is 0.00683 e. The van der Waals surface area contributed by atoms with Gasteiger partial charge in [-0.1, -0.05) is 12.5 Å². The monoisotopic (exact) mass is 250 g/mol. The minimum atomic E-state index is 0.874. The van der Waals surface area contributed by atoms with Crippen molar-refractivity contribution in [3.8, 4) is 0 Å². The van der Waals surface area contributed by atoms with Gasteiger partial charge in [-0.3, -0.25) is 0 Å². The van der Waals surface area contributed by atoms with Gasteiger partial charge < -0.3 is 10.2 Å². The van der Waals surface area contributed by atoms with E-state index < -0.39 is 0 Å². The summed E-state index contributed by atoms with van der Waals surface area (Å²) in [4.78, 5) is 2.69. The van der Waals surface area contributed by atoms with Crippen LogP contribution in [-0.2, 0) is 0 Å². The summed E-state index contributed by atoms with van der Waals surface area (Å²) in [5.41, 5.74) is 0. The van der Waals surface area contributed by atoms with Crippen molar-refractivity contribution in [1.29, 1.82) is 0 Å². The Hall–Kier alpha value is -0.340. The number of unbranched alkanes of at least 4 members (excludes halogenated alkanes) is 3. The van der Waals surface area contributed by atoms with Gasteiger partial charge in [-0.15, -0.1) is 6.58 Å². The third-order valence-electron chi connectivity index (χ3n) is 4.26. The normalized spacial score (nSPS) is 25.2. The van der Waals surface area contributed by atoms with Crippen LogP contribution in [-0.4, -0.2) is 37.1 Å². The van der Waals surface area contributed by atoms with Gasteiger partial charge in [-0.2, -0.15) is 0 Å². The van der Waals surface area contributed by atoms with E-state index in [-0.39, 0.29) is 0 Å². The van der Waals surface area contributed by atoms with Crippen LogP contribution in [0.5, 0.6) is 0 Å². The fraction of sp³-hybridized carbons (Fsp3) is 0.875. The summed E-state index contributed by atoms with van der Waals surface area (Å²) in [6, 6.07) is 0.874. The summed E-state index contributed by atoms with van der Waals surface area (Å²) in [5.74, 6) is 0.910. The van der Waals surface area contributed by atoms with Crippen LogP contribution in [0, 0.1) is 5.92 Å². The Morgan fingerprint density at radius 3 is 2.83 bits per heavy atom. The standard InChI is InChI=1S/C16H30N2/c1-2-3-4-5-6-11-18-12-7-8-15(14-18)13-17-16-9-10-16/h2,15-17H,1,3-14H2. The van der Waals surface area contributed by atoms with Crippen molar-refractivity contribution in [1.82, 2.24) is 10.2 Å². The minimum Gasteiger partial charge on any atom is -0.314 e. The lowest BCUT2D eigenvalue weighted by molar-refractivity contribution is 0.169. The molecule has 2 aliphatic rings. The molecule has 0 aromatic heterocycles. The van der Waals surface area contributed by atoms with Crippen molar-refractivity contribution in [3.63, 3.8) is 0 Å². The second-order valence-electron chi connectivity index (χ2n) is 6.13. The minimum absolute atomic E-state index is 0.874. The van der Waals surface area contributed by atoms with E-state index in [0.717, 1.165) is 12.0 Å². The molecule has 104 valence electrons. The molecule has 1 aliphatic carbocycles. The molecule has 1 unspecified atom stereocenters. The third-order valence-corrected chi connectivity index (χ3v) is 4.26. The molecule has 2 nitrogen and oxygen atoms in total. The molecule has 0 bridgehead atoms. The second kappa shape index (κ2) is 7.96. The van der Waals surface area contributed by atoms with Gasteiger partial charge >= 0.3 is 0 Å². The van der Waals surface area contributed by atoms with E-state index in [1.165, 1.54) is 77.5 Å². The van der Waals surface area contributed by atoms with Crippen LogP contribution < -0.4 is 5.32 Å². The molecule has 1 N–H and O–H groups in total. The first-order valence-corrected chi connectivity index (χ1v) is 7.95. The molecule has 2 heteroatoms. The predicted octanol–water partition coefficient (Wildman–Crippen LogP) is 3.20. The molecule has 0 radical (unpaired) electrons. The summed E-state index contributed by atoms with van der Waals surface area (Å²) < 4.78 is 0. The summed E-state index contributed by atoms with van der Waals surface area (Å²) in [6.45, 7) is 9.03. The molecule has 0 amide bonds. The summed E-state index contributed by atoms with van der Waals surface area (Å²) in [6.07, 6.45) is 13.0. The maximum absolute atomic E-state index is 3.78. The van der Waals surface area contributed by atoms with E-state index in [1.54, 1.807) is 0 Å². The third kappa shape index (κ3) is 5.53. The van der Waals surface area contributed by atoms with Crippen LogP contribution in [0.1, 0.15) is 51.4 Å². The molecular weight excluding hydrogens is 220 g/mol. The summed E-state index contributed by atoms with van der Waals surface area (Å²) in [5, 5.41) is 3.69. The Bertz CT molecular complexity index is 235. The van der Waals surface area contributed by atoms with Gasteiger partial charge in [0.15, 0.2) is 0 Å². The highest BCUT2D eigenvalue weighted by Crippen LogP contribution is 2.21. The van der Waals surface area contributed by atoms with Gasteiger partial charge in [-0.05, 0) is 70.5 Å². The maximum Gasteiger partial charge on any atom is 0.00683 e. The van der Waals surface area contributed by atoms with Gasteiger partial charge in [0.1, 0.15) is 0 Å². The van der Waals surface area contributed by atoms with Crippen molar-refractivity contribution in [3.05, 3.63) is 12.7 Å². The molecule has 1 saturated heterocycles. The largest absolute Gasteiger partial charge is 0.314 e. The molecular formula is C16H30N2. The lowest BCUT2D eigenvalue weighted by Gasteiger charge is -2.33. The van der Waals surface area contributed by atoms with Gasteiger partial charge in [0.25, 0.3) is 0 Å². The SMILES string of the molecule is C=CCCCCCN1CCCC(CNC2CC2)C1. The number of piperidine rings is 1. The number of rotatable bonds is 9. The zero-order valence-electron chi connectivity index (χ0n) is 11.9. The van der Waals surface area contributed by atoms with Crippen LogP contribution in [0.3, 0.4) is 0 Å². The number of hydrogen-bond acceptors (Lipinski definition) is 2. The lowest BCUT2D eigenvalue weighted by Crippen LogP contribution is -2.40. The van der Waals surface area contributed by atoms with Crippen LogP contribution in [0.4, 0.5) is 0 Å². The Labute approximate surface area is 113 Å². The van der Waals surface area contributed by atoms with Crippen molar-refractivity contribution in [2.75, 3.05) is 26.2 Å². The first kappa shape index (κ1) is 14.1. The number of likely N-dealkylation sites (tertiary alicyclic amines) is 1. The zero-order chi connectivity index (χ0) is 12.6. The van der Waals surface area contributed by atoms with Gasteiger partial charge in [0.2, 0.25) is 0 Å². The van der Waals surface area contributed by atoms with Crippen LogP contribution in [0.2, 0.25) is 0 Å². The molecule has 0 aromatic carbocycles. The molecule has 18 heavy (non-hydrogen) atoms. The molecule has 1 atom stereocenters. The second-order valence-corrected chi connectivity index (χ2v) is 6.13. The highest BCUT2D eigenvalue weighted by molar-refractivity contribution is 4.83. The molecule has 1 heterocycles. The van der Waals surface area contributed by atoms with E-state index >= 15 is 0 Å². The topological polar surface area (TPSA) is 15.3 Å². The van der Waals surface area contributed by atoms with Crippen molar-refractivity contribution in [2.24, 2.45) is 5.92 Å². The van der Waals surface area contributed by atoms with Gasteiger partial charge in [-0.25, -0.2) is 0 Å². The Morgan fingerprint density at radius 2 is 2.06 bits per heavy atom. The van der Waals surface area contributed by atoms with E-state index in [9.17, 15) is 0 Å². The van der Waals surface area contributed by atoms with E-state index in [1.807, 2.05) is 6.08 Å². The molecule has 1 saturated carbocycles. The highest BCUT2D eigenvalue weighted by Gasteiger charge is 2.24. The van der Waals surface area contributed by atoms with Gasteiger partial charge in [0.05, 0.1) is 0 Å². The Kier molecular flexibility index (Phi) is 6.22. The van der Waals surface area contributed by atoms with Crippen LogP contribution in [0.15, 0.2) is 12.7 Å². The number of nitrogens with zero attached hydrogens (tertiary/aromatic N) is 1. The van der Waals surface area contributed by atoms with E-state index in [4.69, 9.17) is 0 Å². The van der Waals surface area contributed by atoms with Crippen molar-refractivity contribution in [2.45, 2.75) is 57.4 Å². The highest BCUT2D eigenvalue weighted by atomic mass is 15.1. The number of hydrogen-bond donors (Lipinski definition) is 1. The lowest BCUT2D eigenvalue weighted by atomic mass is 9.97. The summed E-state index contributed by atoms with van der Waals surface area (Å²) >= 11 is 0. The number of nitrogens with one attached hydrogen (secondary N) is 1. The van der Waals surface area contributed by atoms with E-state index in [0.29, 0.717) is 0 Å². The average molecular weight is 250 g/mol. The van der Waals surface area contributed by atoms with Crippen molar-refractivity contribution >= 4 is 0 Å². The predicted molar refractivity (Wildman–Crippen MR) is 78.9 cm³/mol. The van der Waals surface area contributed by atoms with Gasteiger partial charge in [0, 0.05) is 12.6 Å². The van der Waals surface area contributed by atoms with Crippen LogP contribution in [0.25, 0.3) is 0 Å². The molecule has 0 aromatic rings. The average Bonchev–Trinajstić information content (AvgIpc) is 3.21. The fourth-order valence-corrected chi connectivity index (χ4v) is 2.94. The molecule has 2 fully saturated rings. The first-order chi connectivity index (χ1) is 8.88. The fourth-order valence-electron chi connectivity index (χ4n) is 2.94. The molecule has 1 aliphatic heterocycles. The van der Waals surface area contributed by atoms with Crippen LogP contribution >= 0.6 is 0 Å². The number of allylic oxidation sites excluding steroid dienone is 1. The van der Waals surface area contributed by atoms with E-state index in [2.05, 4.69) is 16.8 Å². The molecule has 2 rings (SSSR count). The Morgan fingerprint density at radius 1 is 1.17 bits per heavy atom. The van der Waals surface area contributed by atoms with Crippen molar-refractivity contribution < 1.29 is 0 Å². The quantitative estimate of drug-likeness (QED) is 0.499. The zero-order valence-corrected chi connectivity index (χ0v) is 11.9. The first-order valence-electron chi connectivity index (χ1n) is 7.95. The molecule has 0 spiro atoms.